The summed E-state index contributed by atoms with van der Waals surface area (Å²) in [4.78, 5) is 10.6. The minimum absolute atomic E-state index is 0.0174. The molecule has 0 aromatic heterocycles. The molecule has 0 heterocycles. The first-order valence-corrected chi connectivity index (χ1v) is 5.10. The molecule has 0 saturated carbocycles. The first-order chi connectivity index (χ1) is 8.78. The summed E-state index contributed by atoms with van der Waals surface area (Å²) >= 11 is 0. The lowest BCUT2D eigenvalue weighted by atomic mass is 10.2. The van der Waals surface area contributed by atoms with Gasteiger partial charge >= 0.3 is 6.36 Å². The van der Waals surface area contributed by atoms with Crippen molar-refractivity contribution in [3.63, 3.8) is 0 Å². The van der Waals surface area contributed by atoms with E-state index in [1.54, 1.807) is 0 Å². The van der Waals surface area contributed by atoms with Crippen LogP contribution in [-0.4, -0.2) is 23.9 Å². The van der Waals surface area contributed by atoms with Crippen LogP contribution in [0.25, 0.3) is 0 Å². The van der Waals surface area contributed by atoms with E-state index in [0.29, 0.717) is 0 Å². The zero-order valence-electron chi connectivity index (χ0n) is 9.84. The molecule has 0 radical (unpaired) electrons. The van der Waals surface area contributed by atoms with Crippen molar-refractivity contribution in [3.05, 3.63) is 23.8 Å². The van der Waals surface area contributed by atoms with E-state index < -0.39 is 12.1 Å². The molecular formula is C12H10F3NO3. The molecule has 0 aliphatic rings. The van der Waals surface area contributed by atoms with Crippen LogP contribution in [0, 0.1) is 11.8 Å². The van der Waals surface area contributed by atoms with Crippen LogP contribution in [0.4, 0.5) is 13.2 Å². The van der Waals surface area contributed by atoms with Crippen molar-refractivity contribution >= 4 is 5.91 Å². The lowest BCUT2D eigenvalue weighted by molar-refractivity contribution is -0.274. The molecule has 0 unspecified atom stereocenters. The van der Waals surface area contributed by atoms with Crippen molar-refractivity contribution in [1.82, 2.24) is 5.32 Å². The van der Waals surface area contributed by atoms with E-state index in [9.17, 15) is 23.1 Å². The molecule has 1 aromatic rings. The Kier molecular flexibility index (Phi) is 4.64. The monoisotopic (exact) mass is 273 g/mol. The number of benzene rings is 1. The average molecular weight is 273 g/mol. The summed E-state index contributed by atoms with van der Waals surface area (Å²) in [5.74, 6) is 3.77. The van der Waals surface area contributed by atoms with Gasteiger partial charge in [0.05, 0.1) is 12.1 Å². The molecule has 7 heteroatoms. The Morgan fingerprint density at radius 3 is 2.74 bits per heavy atom. The fourth-order valence-corrected chi connectivity index (χ4v) is 1.14. The van der Waals surface area contributed by atoms with Crippen molar-refractivity contribution in [3.8, 4) is 23.3 Å². The van der Waals surface area contributed by atoms with Gasteiger partial charge in [0.2, 0.25) is 5.91 Å². The van der Waals surface area contributed by atoms with Crippen LogP contribution < -0.4 is 10.1 Å². The van der Waals surface area contributed by atoms with Crippen molar-refractivity contribution in [2.75, 3.05) is 6.54 Å². The molecule has 19 heavy (non-hydrogen) atoms. The molecule has 102 valence electrons. The fraction of sp³-hybridized carbons (Fsp3) is 0.250. The molecule has 4 nitrogen and oxygen atoms in total. The van der Waals surface area contributed by atoms with Gasteiger partial charge in [-0.05, 0) is 18.2 Å². The van der Waals surface area contributed by atoms with Gasteiger partial charge in [0, 0.05) is 6.92 Å². The van der Waals surface area contributed by atoms with Gasteiger partial charge < -0.3 is 15.2 Å². The molecule has 0 fully saturated rings. The zero-order chi connectivity index (χ0) is 14.5. The average Bonchev–Trinajstić information content (AvgIpc) is 2.26. The van der Waals surface area contributed by atoms with E-state index in [1.807, 2.05) is 0 Å². The number of alkyl halides is 3. The van der Waals surface area contributed by atoms with E-state index in [1.165, 1.54) is 6.92 Å². The van der Waals surface area contributed by atoms with Crippen LogP contribution in [0.1, 0.15) is 12.5 Å². The van der Waals surface area contributed by atoms with E-state index in [2.05, 4.69) is 21.9 Å². The molecular weight excluding hydrogens is 263 g/mol. The Bertz CT molecular complexity index is 529. The number of rotatable bonds is 2. The Hall–Kier alpha value is -2.36. The first kappa shape index (κ1) is 14.7. The number of nitrogens with one attached hydrogen (secondary N) is 1. The molecule has 1 rings (SSSR count). The summed E-state index contributed by atoms with van der Waals surface area (Å²) < 4.78 is 40.1. The summed E-state index contributed by atoms with van der Waals surface area (Å²) in [6.07, 6.45) is -4.84. The van der Waals surface area contributed by atoms with Crippen LogP contribution in [0.5, 0.6) is 11.5 Å². The van der Waals surface area contributed by atoms with E-state index in [-0.39, 0.29) is 23.8 Å². The maximum atomic E-state index is 12.1. The Morgan fingerprint density at radius 2 is 2.16 bits per heavy atom. The van der Waals surface area contributed by atoms with E-state index in [4.69, 9.17) is 0 Å². The quantitative estimate of drug-likeness (QED) is 0.807. The van der Waals surface area contributed by atoms with Gasteiger partial charge in [-0.25, -0.2) is 0 Å². The first-order valence-electron chi connectivity index (χ1n) is 5.10. The number of carbonyl (C=O) groups excluding carboxylic acids is 1. The molecule has 0 bridgehead atoms. The highest BCUT2D eigenvalue weighted by Crippen LogP contribution is 2.28. The highest BCUT2D eigenvalue weighted by atomic mass is 19.4. The minimum Gasteiger partial charge on any atom is -0.508 e. The summed E-state index contributed by atoms with van der Waals surface area (Å²) in [7, 11) is 0. The van der Waals surface area contributed by atoms with E-state index in [0.717, 1.165) is 18.2 Å². The topological polar surface area (TPSA) is 58.6 Å². The lowest BCUT2D eigenvalue weighted by Gasteiger charge is -2.10. The number of phenols is 1. The lowest BCUT2D eigenvalue weighted by Crippen LogP contribution is -2.19. The largest absolute Gasteiger partial charge is 0.573 e. The van der Waals surface area contributed by atoms with E-state index >= 15 is 0 Å². The Balaban J connectivity index is 2.91. The molecule has 1 amide bonds. The van der Waals surface area contributed by atoms with Gasteiger partial charge in [-0.1, -0.05) is 11.8 Å². The second kappa shape index (κ2) is 6.00. The van der Waals surface area contributed by atoms with Crippen LogP contribution in [0.2, 0.25) is 0 Å². The number of hydrogen-bond donors (Lipinski definition) is 2. The van der Waals surface area contributed by atoms with Crippen molar-refractivity contribution in [1.29, 1.82) is 0 Å². The molecule has 0 atom stereocenters. The zero-order valence-corrected chi connectivity index (χ0v) is 9.84. The van der Waals surface area contributed by atoms with Gasteiger partial charge in [-0.3, -0.25) is 4.79 Å². The maximum absolute atomic E-state index is 12.1. The number of amides is 1. The number of halogens is 3. The van der Waals surface area contributed by atoms with Crippen molar-refractivity contribution in [2.24, 2.45) is 0 Å². The molecule has 0 saturated heterocycles. The summed E-state index contributed by atoms with van der Waals surface area (Å²) in [5.41, 5.74) is -0.123. The summed E-state index contributed by atoms with van der Waals surface area (Å²) in [5, 5.41) is 11.6. The van der Waals surface area contributed by atoms with Crippen molar-refractivity contribution in [2.45, 2.75) is 13.3 Å². The second-order valence-electron chi connectivity index (χ2n) is 3.44. The second-order valence-corrected chi connectivity index (χ2v) is 3.44. The van der Waals surface area contributed by atoms with Crippen molar-refractivity contribution < 1.29 is 27.8 Å². The van der Waals surface area contributed by atoms with Gasteiger partial charge in [-0.2, -0.15) is 0 Å². The van der Waals surface area contributed by atoms with Crippen LogP contribution in [0.3, 0.4) is 0 Å². The van der Waals surface area contributed by atoms with Gasteiger partial charge in [0.1, 0.15) is 11.5 Å². The number of ether oxygens (including phenoxy) is 1. The number of aromatic hydroxyl groups is 1. The van der Waals surface area contributed by atoms with Gasteiger partial charge in [0.15, 0.2) is 0 Å². The third kappa shape index (κ3) is 5.68. The van der Waals surface area contributed by atoms with Crippen LogP contribution in [0.15, 0.2) is 18.2 Å². The predicted octanol–water partition coefficient (Wildman–Crippen LogP) is 1.78. The normalized spacial score (nSPS) is 10.3. The molecule has 2 N–H and O–H groups in total. The standard InChI is InChI=1S/C12H10F3NO3/c1-8(17)16-6-2-3-9-7-10(18)4-5-11(9)19-12(13,14)15/h4-5,7,18H,6H2,1H3,(H,16,17). The molecule has 0 aliphatic carbocycles. The highest BCUT2D eigenvalue weighted by Gasteiger charge is 2.32. The summed E-state index contributed by atoms with van der Waals surface area (Å²) in [6.45, 7) is 1.27. The molecule has 0 spiro atoms. The van der Waals surface area contributed by atoms with Gasteiger partial charge in [-0.15, -0.1) is 13.2 Å². The number of hydrogen-bond acceptors (Lipinski definition) is 3. The third-order valence-corrected chi connectivity index (χ3v) is 1.84. The molecule has 1 aromatic carbocycles. The SMILES string of the molecule is CC(=O)NCC#Cc1cc(O)ccc1OC(F)(F)F. The number of carbonyl (C=O) groups is 1. The maximum Gasteiger partial charge on any atom is 0.573 e. The smallest absolute Gasteiger partial charge is 0.508 e. The summed E-state index contributed by atoms with van der Waals surface area (Å²) in [6, 6.07) is 3.06. The fourth-order valence-electron chi connectivity index (χ4n) is 1.14. The van der Waals surface area contributed by atoms with Gasteiger partial charge in [0.25, 0.3) is 0 Å². The number of phenolic OH excluding ortho intramolecular Hbond substituents is 1. The third-order valence-electron chi connectivity index (χ3n) is 1.84. The van der Waals surface area contributed by atoms with Crippen LogP contribution >= 0.6 is 0 Å². The minimum atomic E-state index is -4.84. The highest BCUT2D eigenvalue weighted by molar-refractivity contribution is 5.73. The molecule has 0 aliphatic heterocycles. The Labute approximate surface area is 107 Å². The van der Waals surface area contributed by atoms with Crippen LogP contribution in [-0.2, 0) is 4.79 Å². The predicted molar refractivity (Wildman–Crippen MR) is 60.4 cm³/mol. The Morgan fingerprint density at radius 1 is 1.47 bits per heavy atom.